The minimum atomic E-state index is -0.335. The van der Waals surface area contributed by atoms with Gasteiger partial charge in [0.25, 0.3) is 0 Å². The minimum Gasteiger partial charge on any atom is -0.456 e. The van der Waals surface area contributed by atoms with Gasteiger partial charge in [0, 0.05) is 24.5 Å². The summed E-state index contributed by atoms with van der Waals surface area (Å²) in [5, 5.41) is 0. The average Bonchev–Trinajstić information content (AvgIpc) is 3.21. The lowest BCUT2D eigenvalue weighted by Gasteiger charge is -2.10. The van der Waals surface area contributed by atoms with Crippen LogP contribution in [0.4, 0.5) is 4.39 Å². The number of benzene rings is 2. The molecule has 2 aromatic carbocycles. The van der Waals surface area contributed by atoms with Crippen molar-refractivity contribution in [3.8, 4) is 34.5 Å². The smallest absolute Gasteiger partial charge is 0.158 e. The van der Waals surface area contributed by atoms with Crippen molar-refractivity contribution in [3.05, 3.63) is 91.1 Å². The zero-order chi connectivity index (χ0) is 20.3. The molecule has 3 aromatic heterocycles. The van der Waals surface area contributed by atoms with E-state index in [1.54, 1.807) is 42.9 Å². The van der Waals surface area contributed by atoms with E-state index in [1.165, 1.54) is 12.1 Å². The Morgan fingerprint density at radius 3 is 2.47 bits per heavy atom. The Labute approximate surface area is 171 Å². The Bertz CT molecular complexity index is 1290. The first-order valence-electron chi connectivity index (χ1n) is 9.21. The van der Waals surface area contributed by atoms with Gasteiger partial charge in [0.1, 0.15) is 34.3 Å². The van der Waals surface area contributed by atoms with E-state index in [9.17, 15) is 4.39 Å². The van der Waals surface area contributed by atoms with E-state index < -0.39 is 0 Å². The summed E-state index contributed by atoms with van der Waals surface area (Å²) in [6.45, 7) is 0. The van der Waals surface area contributed by atoms with Gasteiger partial charge in [-0.2, -0.15) is 0 Å². The number of rotatable bonds is 5. The van der Waals surface area contributed by atoms with Crippen LogP contribution in [0.1, 0.15) is 0 Å². The zero-order valence-corrected chi connectivity index (χ0v) is 15.6. The van der Waals surface area contributed by atoms with E-state index >= 15 is 0 Å². The predicted molar refractivity (Wildman–Crippen MR) is 110 cm³/mol. The summed E-state index contributed by atoms with van der Waals surface area (Å²) < 4.78 is 25.2. The van der Waals surface area contributed by atoms with Crippen molar-refractivity contribution in [2.75, 3.05) is 0 Å². The van der Waals surface area contributed by atoms with Gasteiger partial charge in [-0.15, -0.1) is 0 Å². The maximum Gasteiger partial charge on any atom is 0.158 e. The Morgan fingerprint density at radius 1 is 0.800 bits per heavy atom. The zero-order valence-electron chi connectivity index (χ0n) is 15.6. The summed E-state index contributed by atoms with van der Waals surface area (Å²) >= 11 is 0. The number of fused-ring (bicyclic) bond motifs is 1. The summed E-state index contributed by atoms with van der Waals surface area (Å²) in [6.07, 6.45) is 5.00. The number of imidazole rings is 1. The summed E-state index contributed by atoms with van der Waals surface area (Å²) in [5.74, 6) is 2.36. The molecule has 0 aliphatic heterocycles. The molecule has 5 aromatic rings. The van der Waals surface area contributed by atoms with Crippen molar-refractivity contribution >= 4 is 11.0 Å². The highest BCUT2D eigenvalue weighted by atomic mass is 19.1. The second-order valence-corrected chi connectivity index (χ2v) is 6.46. The lowest BCUT2D eigenvalue weighted by molar-refractivity contribution is 0.462. The summed E-state index contributed by atoms with van der Waals surface area (Å²) in [6, 6.07) is 18.6. The van der Waals surface area contributed by atoms with Crippen molar-refractivity contribution < 1.29 is 13.9 Å². The summed E-state index contributed by atoms with van der Waals surface area (Å²) in [7, 11) is 0. The Balaban J connectivity index is 1.60. The number of aromatic amines is 1. The standard InChI is InChI=1S/C23H15FN4O2/c24-15-6-8-16(9-7-15)30-21-13-18(29-17-4-3-10-25-14-17)12-20-22(21)28-23(27-20)19-5-1-2-11-26-19/h1-14H,(H,27,28). The molecule has 1 N–H and O–H groups in total. The number of hydrogen-bond donors (Lipinski definition) is 1. The first-order chi connectivity index (χ1) is 14.7. The number of ether oxygens (including phenoxy) is 2. The molecule has 0 atom stereocenters. The second-order valence-electron chi connectivity index (χ2n) is 6.46. The Kier molecular flexibility index (Phi) is 4.53. The lowest BCUT2D eigenvalue weighted by atomic mass is 10.2. The molecule has 0 saturated heterocycles. The summed E-state index contributed by atoms with van der Waals surface area (Å²) in [4.78, 5) is 16.3. The largest absolute Gasteiger partial charge is 0.456 e. The van der Waals surface area contributed by atoms with E-state index in [2.05, 4.69) is 19.9 Å². The van der Waals surface area contributed by atoms with Crippen molar-refractivity contribution in [3.63, 3.8) is 0 Å². The third-order valence-corrected chi connectivity index (χ3v) is 4.34. The van der Waals surface area contributed by atoms with Crippen LogP contribution >= 0.6 is 0 Å². The fraction of sp³-hybridized carbons (Fsp3) is 0. The third kappa shape index (κ3) is 3.68. The highest BCUT2D eigenvalue weighted by molar-refractivity contribution is 5.86. The molecule has 0 unspecified atom stereocenters. The molecule has 3 heterocycles. The SMILES string of the molecule is Fc1ccc(Oc2cc(Oc3cccnc3)cc3[nH]c(-c4ccccn4)nc23)cc1. The minimum absolute atomic E-state index is 0.335. The van der Waals surface area contributed by atoms with Crippen molar-refractivity contribution in [2.24, 2.45) is 0 Å². The molecule has 0 spiro atoms. The highest BCUT2D eigenvalue weighted by Crippen LogP contribution is 2.36. The Hall–Kier alpha value is -4.26. The fourth-order valence-electron chi connectivity index (χ4n) is 2.99. The van der Waals surface area contributed by atoms with E-state index in [-0.39, 0.29) is 5.82 Å². The molecule has 0 bridgehead atoms. The third-order valence-electron chi connectivity index (χ3n) is 4.34. The molecule has 0 amide bonds. The van der Waals surface area contributed by atoms with Gasteiger partial charge in [0.05, 0.1) is 11.7 Å². The van der Waals surface area contributed by atoms with Crippen molar-refractivity contribution in [1.29, 1.82) is 0 Å². The number of hydrogen-bond acceptors (Lipinski definition) is 5. The molecule has 0 saturated carbocycles. The van der Waals surface area contributed by atoms with E-state index in [0.29, 0.717) is 45.5 Å². The van der Waals surface area contributed by atoms with Crippen molar-refractivity contribution in [1.82, 2.24) is 19.9 Å². The van der Waals surface area contributed by atoms with Gasteiger partial charge in [-0.3, -0.25) is 9.97 Å². The topological polar surface area (TPSA) is 72.9 Å². The maximum absolute atomic E-state index is 13.3. The van der Waals surface area contributed by atoms with Gasteiger partial charge in [-0.05, 0) is 48.5 Å². The van der Waals surface area contributed by atoms with Crippen LogP contribution in [0, 0.1) is 5.82 Å². The van der Waals surface area contributed by atoms with Crippen LogP contribution in [-0.4, -0.2) is 19.9 Å². The number of halogens is 1. The molecular weight excluding hydrogens is 383 g/mol. The molecule has 5 rings (SSSR count). The number of H-pyrrole nitrogens is 1. The summed E-state index contributed by atoms with van der Waals surface area (Å²) in [5.41, 5.74) is 2.03. The maximum atomic E-state index is 13.3. The van der Waals surface area contributed by atoms with Gasteiger partial charge in [0.15, 0.2) is 11.6 Å². The molecule has 0 fully saturated rings. The number of pyridine rings is 2. The van der Waals surface area contributed by atoms with Crippen LogP contribution in [-0.2, 0) is 0 Å². The van der Waals surface area contributed by atoms with E-state index in [4.69, 9.17) is 9.47 Å². The first-order valence-corrected chi connectivity index (χ1v) is 9.21. The fourth-order valence-corrected chi connectivity index (χ4v) is 2.99. The molecule has 0 aliphatic rings. The molecule has 7 heteroatoms. The number of aromatic nitrogens is 4. The van der Waals surface area contributed by atoms with Gasteiger partial charge in [-0.1, -0.05) is 6.07 Å². The molecular formula is C23H15FN4O2. The number of nitrogens with one attached hydrogen (secondary N) is 1. The molecule has 30 heavy (non-hydrogen) atoms. The van der Waals surface area contributed by atoms with E-state index in [0.717, 1.165) is 0 Å². The van der Waals surface area contributed by atoms with Crippen LogP contribution in [0.2, 0.25) is 0 Å². The molecule has 6 nitrogen and oxygen atoms in total. The van der Waals surface area contributed by atoms with Crippen LogP contribution in [0.25, 0.3) is 22.6 Å². The molecule has 0 radical (unpaired) electrons. The highest BCUT2D eigenvalue weighted by Gasteiger charge is 2.15. The van der Waals surface area contributed by atoms with Gasteiger partial charge in [0.2, 0.25) is 0 Å². The van der Waals surface area contributed by atoms with Crippen molar-refractivity contribution in [2.45, 2.75) is 0 Å². The normalized spacial score (nSPS) is 10.8. The van der Waals surface area contributed by atoms with Gasteiger partial charge in [-0.25, -0.2) is 9.37 Å². The quantitative estimate of drug-likeness (QED) is 0.408. The number of nitrogens with zero attached hydrogens (tertiary/aromatic N) is 3. The second kappa shape index (κ2) is 7.63. The van der Waals surface area contributed by atoms with Gasteiger partial charge >= 0.3 is 0 Å². The van der Waals surface area contributed by atoms with Gasteiger partial charge < -0.3 is 14.5 Å². The van der Waals surface area contributed by atoms with Crippen LogP contribution in [0.3, 0.4) is 0 Å². The first kappa shape index (κ1) is 17.8. The Morgan fingerprint density at radius 2 is 1.70 bits per heavy atom. The predicted octanol–water partition coefficient (Wildman–Crippen LogP) is 5.74. The molecule has 146 valence electrons. The van der Waals surface area contributed by atoms with Crippen LogP contribution < -0.4 is 9.47 Å². The monoisotopic (exact) mass is 398 g/mol. The lowest BCUT2D eigenvalue weighted by Crippen LogP contribution is -1.90. The van der Waals surface area contributed by atoms with Crippen LogP contribution in [0.5, 0.6) is 23.0 Å². The average molecular weight is 398 g/mol. The van der Waals surface area contributed by atoms with Crippen LogP contribution in [0.15, 0.2) is 85.3 Å². The molecule has 0 aliphatic carbocycles. The van der Waals surface area contributed by atoms with E-state index in [1.807, 2.05) is 30.3 Å².